The Morgan fingerprint density at radius 1 is 1.18 bits per heavy atom. The fourth-order valence-corrected chi connectivity index (χ4v) is 4.69. The molecule has 0 radical (unpaired) electrons. The summed E-state index contributed by atoms with van der Waals surface area (Å²) >= 11 is 1.19. The first kappa shape index (κ1) is 22.7. The Kier molecular flexibility index (Phi) is 7.19. The van der Waals surface area contributed by atoms with E-state index in [1.54, 1.807) is 22.8 Å². The third-order valence-electron chi connectivity index (χ3n) is 5.54. The lowest BCUT2D eigenvalue weighted by Crippen LogP contribution is -2.24. The molecule has 0 atom stereocenters. The number of rotatable bonds is 8. The van der Waals surface area contributed by atoms with Gasteiger partial charge < -0.3 is 5.32 Å². The quantitative estimate of drug-likeness (QED) is 0.167. The van der Waals surface area contributed by atoms with Gasteiger partial charge in [0.2, 0.25) is 5.91 Å². The first-order chi connectivity index (χ1) is 16.0. The number of nitro groups is 1. The van der Waals surface area contributed by atoms with Gasteiger partial charge in [0.25, 0.3) is 11.2 Å². The van der Waals surface area contributed by atoms with Crippen molar-refractivity contribution in [2.24, 2.45) is 0 Å². The molecule has 9 heteroatoms. The van der Waals surface area contributed by atoms with Gasteiger partial charge in [-0.2, -0.15) is 0 Å². The second kappa shape index (κ2) is 10.4. The summed E-state index contributed by atoms with van der Waals surface area (Å²) in [6.07, 6.45) is 7.58. The van der Waals surface area contributed by atoms with Gasteiger partial charge in [0.05, 0.1) is 21.6 Å². The molecular weight excluding hydrogens is 440 g/mol. The molecule has 170 valence electrons. The number of fused-ring (bicyclic) bond motifs is 1. The number of aromatic nitrogens is 2. The number of amides is 1. The molecule has 1 aliphatic rings. The van der Waals surface area contributed by atoms with Crippen LogP contribution in [0.1, 0.15) is 32.1 Å². The largest absolute Gasteiger partial charge is 0.325 e. The Balaban J connectivity index is 1.52. The average Bonchev–Trinajstić information content (AvgIpc) is 2.83. The summed E-state index contributed by atoms with van der Waals surface area (Å²) in [5.74, 6) is -0.305. The molecule has 0 fully saturated rings. The number of para-hydroxylation sites is 1. The Labute approximate surface area is 194 Å². The molecule has 1 aliphatic carbocycles. The van der Waals surface area contributed by atoms with Crippen LogP contribution in [0.3, 0.4) is 0 Å². The molecule has 1 N–H and O–H groups in total. The number of non-ortho nitro benzene ring substituents is 1. The molecule has 8 nitrogen and oxygen atoms in total. The van der Waals surface area contributed by atoms with Gasteiger partial charge in [0.1, 0.15) is 0 Å². The highest BCUT2D eigenvalue weighted by Gasteiger charge is 2.15. The average molecular weight is 465 g/mol. The maximum Gasteiger partial charge on any atom is 0.271 e. The molecule has 0 saturated carbocycles. The fourth-order valence-electron chi connectivity index (χ4n) is 3.87. The highest BCUT2D eigenvalue weighted by Crippen LogP contribution is 2.23. The molecular formula is C24H24N4O4S. The van der Waals surface area contributed by atoms with Crippen molar-refractivity contribution in [1.29, 1.82) is 0 Å². The minimum absolute atomic E-state index is 0.0240. The number of benzene rings is 2. The van der Waals surface area contributed by atoms with Crippen molar-refractivity contribution in [3.63, 3.8) is 0 Å². The number of nitrogens with zero attached hydrogens (tertiary/aromatic N) is 3. The van der Waals surface area contributed by atoms with Gasteiger partial charge in [-0.15, -0.1) is 0 Å². The van der Waals surface area contributed by atoms with E-state index in [1.807, 2.05) is 12.1 Å². The van der Waals surface area contributed by atoms with Crippen LogP contribution in [0.15, 0.2) is 70.1 Å². The lowest BCUT2D eigenvalue weighted by molar-refractivity contribution is -0.384. The van der Waals surface area contributed by atoms with Gasteiger partial charge in [0, 0.05) is 24.4 Å². The summed E-state index contributed by atoms with van der Waals surface area (Å²) in [4.78, 5) is 40.8. The second-order valence-electron chi connectivity index (χ2n) is 7.87. The maximum atomic E-state index is 13.2. The van der Waals surface area contributed by atoms with Gasteiger partial charge in [-0.1, -0.05) is 41.6 Å². The third kappa shape index (κ3) is 5.67. The van der Waals surface area contributed by atoms with Crippen LogP contribution in [0.25, 0.3) is 10.9 Å². The van der Waals surface area contributed by atoms with Crippen LogP contribution in [0.4, 0.5) is 11.4 Å². The Hall–Kier alpha value is -3.46. The van der Waals surface area contributed by atoms with Gasteiger partial charge in [0.15, 0.2) is 5.16 Å². The number of allylic oxidation sites excluding steroid dienone is 2. The minimum Gasteiger partial charge on any atom is -0.325 e. The number of anilines is 1. The summed E-state index contributed by atoms with van der Waals surface area (Å²) in [6.45, 7) is 0.511. The molecule has 4 rings (SSSR count). The molecule has 2 aromatic carbocycles. The number of carbonyl (C=O) groups excluding carboxylic acids is 1. The summed E-state index contributed by atoms with van der Waals surface area (Å²) in [7, 11) is 0. The minimum atomic E-state index is -0.510. The lowest BCUT2D eigenvalue weighted by Gasteiger charge is -2.16. The molecule has 3 aromatic rings. The van der Waals surface area contributed by atoms with E-state index in [4.69, 9.17) is 0 Å². The summed E-state index contributed by atoms with van der Waals surface area (Å²) in [5.41, 5.74) is 2.10. The summed E-state index contributed by atoms with van der Waals surface area (Å²) < 4.78 is 1.66. The number of hydrogen-bond donors (Lipinski definition) is 1. The predicted octanol–water partition coefficient (Wildman–Crippen LogP) is 4.93. The monoisotopic (exact) mass is 464 g/mol. The number of nitro benzene ring substituents is 1. The van der Waals surface area contributed by atoms with Crippen LogP contribution in [-0.4, -0.2) is 26.1 Å². The van der Waals surface area contributed by atoms with Crippen LogP contribution >= 0.6 is 11.8 Å². The second-order valence-corrected chi connectivity index (χ2v) is 8.81. The molecule has 33 heavy (non-hydrogen) atoms. The van der Waals surface area contributed by atoms with Gasteiger partial charge in [-0.05, 0) is 50.3 Å². The standard InChI is InChI=1S/C24H24N4O4S/c29-22(25-18-9-6-10-19(15-18)28(31)32)16-33-24-26-21-12-5-4-11-20(21)23(30)27(24)14-13-17-7-2-1-3-8-17/h4-7,9-12,15H,1-3,8,13-14,16H2,(H,25,29). The van der Waals surface area contributed by atoms with Crippen molar-refractivity contribution >= 4 is 39.9 Å². The van der Waals surface area contributed by atoms with E-state index in [9.17, 15) is 19.7 Å². The van der Waals surface area contributed by atoms with E-state index < -0.39 is 4.92 Å². The molecule has 0 unspecified atom stereocenters. The highest BCUT2D eigenvalue weighted by atomic mass is 32.2. The molecule has 1 amide bonds. The van der Waals surface area contributed by atoms with Crippen LogP contribution < -0.4 is 10.9 Å². The van der Waals surface area contributed by atoms with Gasteiger partial charge in [-0.25, -0.2) is 4.98 Å². The van der Waals surface area contributed by atoms with E-state index in [0.29, 0.717) is 28.3 Å². The first-order valence-electron chi connectivity index (χ1n) is 10.9. The van der Waals surface area contributed by atoms with Crippen LogP contribution in [0, 0.1) is 10.1 Å². The fraction of sp³-hybridized carbons (Fsp3) is 0.292. The zero-order chi connectivity index (χ0) is 23.2. The summed E-state index contributed by atoms with van der Waals surface area (Å²) in [6, 6.07) is 13.0. The van der Waals surface area contributed by atoms with E-state index in [1.165, 1.54) is 48.4 Å². The van der Waals surface area contributed by atoms with Crippen molar-refractivity contribution < 1.29 is 9.72 Å². The molecule has 0 bridgehead atoms. The number of nitrogens with one attached hydrogen (secondary N) is 1. The van der Waals surface area contributed by atoms with E-state index in [2.05, 4.69) is 16.4 Å². The normalized spacial score (nSPS) is 13.5. The number of carbonyl (C=O) groups is 1. The zero-order valence-corrected chi connectivity index (χ0v) is 18.8. The molecule has 0 spiro atoms. The van der Waals surface area contributed by atoms with Crippen molar-refractivity contribution in [1.82, 2.24) is 9.55 Å². The van der Waals surface area contributed by atoms with Crippen LogP contribution in [0.2, 0.25) is 0 Å². The van der Waals surface area contributed by atoms with Crippen molar-refractivity contribution in [2.75, 3.05) is 11.1 Å². The van der Waals surface area contributed by atoms with Crippen molar-refractivity contribution in [2.45, 2.75) is 43.8 Å². The van der Waals surface area contributed by atoms with E-state index in [-0.39, 0.29) is 22.9 Å². The first-order valence-corrected chi connectivity index (χ1v) is 11.8. The third-order valence-corrected chi connectivity index (χ3v) is 6.52. The van der Waals surface area contributed by atoms with E-state index in [0.717, 1.165) is 19.3 Å². The summed E-state index contributed by atoms with van der Waals surface area (Å²) in [5, 5.41) is 14.7. The molecule has 1 heterocycles. The van der Waals surface area contributed by atoms with Crippen molar-refractivity contribution in [3.05, 3.63) is 80.6 Å². The predicted molar refractivity (Wildman–Crippen MR) is 130 cm³/mol. The molecule has 0 saturated heterocycles. The Bertz CT molecular complexity index is 1280. The Morgan fingerprint density at radius 3 is 2.82 bits per heavy atom. The molecule has 1 aromatic heterocycles. The lowest BCUT2D eigenvalue weighted by atomic mass is 9.97. The van der Waals surface area contributed by atoms with Gasteiger partial charge >= 0.3 is 0 Å². The smallest absolute Gasteiger partial charge is 0.271 e. The maximum absolute atomic E-state index is 13.2. The number of thioether (sulfide) groups is 1. The zero-order valence-electron chi connectivity index (χ0n) is 18.0. The SMILES string of the molecule is O=C(CSc1nc2ccccc2c(=O)n1CCC1=CCCCC1)Nc1cccc([N+](=O)[O-])c1. The number of hydrogen-bond acceptors (Lipinski definition) is 6. The molecule has 0 aliphatic heterocycles. The topological polar surface area (TPSA) is 107 Å². The van der Waals surface area contributed by atoms with Crippen molar-refractivity contribution in [3.8, 4) is 0 Å². The van der Waals surface area contributed by atoms with Crippen LogP contribution in [0.5, 0.6) is 0 Å². The Morgan fingerprint density at radius 2 is 2.03 bits per heavy atom. The van der Waals surface area contributed by atoms with Gasteiger partial charge in [-0.3, -0.25) is 24.3 Å². The highest BCUT2D eigenvalue weighted by molar-refractivity contribution is 7.99. The van der Waals surface area contributed by atoms with Crippen LogP contribution in [-0.2, 0) is 11.3 Å². The van der Waals surface area contributed by atoms with E-state index >= 15 is 0 Å².